The molecule has 0 aliphatic heterocycles. The molecule has 0 amide bonds. The molecule has 1 aromatic rings. The molecular weight excluding hydrogens is 228 g/mol. The van der Waals surface area contributed by atoms with Gasteiger partial charge in [-0.05, 0) is 24.8 Å². The Hall–Kier alpha value is -1.29. The summed E-state index contributed by atoms with van der Waals surface area (Å²) < 4.78 is 5.23. The fourth-order valence-electron chi connectivity index (χ4n) is 1.85. The first-order valence-corrected chi connectivity index (χ1v) is 6.24. The van der Waals surface area contributed by atoms with E-state index in [2.05, 4.69) is 31.1 Å². The van der Waals surface area contributed by atoms with E-state index in [4.69, 9.17) is 4.74 Å². The van der Waals surface area contributed by atoms with Crippen LogP contribution in [0.5, 0.6) is 5.75 Å². The van der Waals surface area contributed by atoms with Crippen LogP contribution in [0.2, 0.25) is 0 Å². The standard InChI is InChI=1S/C14H24N2O2/c1-10-6-12(13(18-5)9-15-10)16-8-11(17)7-14(2,3)4/h6,9,11,17H,7-8H2,1-5H3,(H,15,16). The lowest BCUT2D eigenvalue weighted by Crippen LogP contribution is -2.25. The Bertz CT molecular complexity index is 386. The first-order valence-electron chi connectivity index (χ1n) is 6.24. The zero-order valence-electron chi connectivity index (χ0n) is 11.9. The van der Waals surface area contributed by atoms with E-state index < -0.39 is 0 Å². The highest BCUT2D eigenvalue weighted by atomic mass is 16.5. The summed E-state index contributed by atoms with van der Waals surface area (Å²) in [6, 6.07) is 1.92. The van der Waals surface area contributed by atoms with Crippen molar-refractivity contribution in [2.24, 2.45) is 5.41 Å². The molecule has 1 aromatic heterocycles. The Labute approximate surface area is 109 Å². The number of nitrogens with one attached hydrogen (secondary N) is 1. The van der Waals surface area contributed by atoms with Crippen molar-refractivity contribution >= 4 is 5.69 Å². The van der Waals surface area contributed by atoms with Gasteiger partial charge in [-0.15, -0.1) is 0 Å². The van der Waals surface area contributed by atoms with E-state index in [0.29, 0.717) is 12.3 Å². The van der Waals surface area contributed by atoms with E-state index in [1.807, 2.05) is 13.0 Å². The van der Waals surface area contributed by atoms with Gasteiger partial charge in [-0.25, -0.2) is 0 Å². The van der Waals surface area contributed by atoms with Gasteiger partial charge < -0.3 is 15.2 Å². The van der Waals surface area contributed by atoms with E-state index in [-0.39, 0.29) is 11.5 Å². The minimum Gasteiger partial charge on any atom is -0.493 e. The summed E-state index contributed by atoms with van der Waals surface area (Å²) in [6.45, 7) is 8.79. The van der Waals surface area contributed by atoms with Crippen LogP contribution in [0, 0.1) is 12.3 Å². The van der Waals surface area contributed by atoms with Crippen LogP contribution >= 0.6 is 0 Å². The number of hydrogen-bond donors (Lipinski definition) is 2. The highest BCUT2D eigenvalue weighted by Crippen LogP contribution is 2.25. The van der Waals surface area contributed by atoms with Crippen LogP contribution in [0.15, 0.2) is 12.3 Å². The second-order valence-electron chi connectivity index (χ2n) is 5.83. The molecule has 0 aromatic carbocycles. The molecule has 18 heavy (non-hydrogen) atoms. The zero-order chi connectivity index (χ0) is 13.8. The van der Waals surface area contributed by atoms with Gasteiger partial charge in [0.1, 0.15) is 0 Å². The normalized spacial score (nSPS) is 13.2. The fraction of sp³-hybridized carbons (Fsp3) is 0.643. The van der Waals surface area contributed by atoms with Gasteiger partial charge in [0.05, 0.1) is 25.1 Å². The lowest BCUT2D eigenvalue weighted by molar-refractivity contribution is 0.132. The molecular formula is C14H24N2O2. The second-order valence-corrected chi connectivity index (χ2v) is 5.83. The topological polar surface area (TPSA) is 54.4 Å². The molecule has 0 radical (unpaired) electrons. The Kier molecular flexibility index (Phi) is 4.96. The predicted octanol–water partition coefficient (Wildman–Crippen LogP) is 2.61. The van der Waals surface area contributed by atoms with Gasteiger partial charge in [0.2, 0.25) is 0 Å². The number of aliphatic hydroxyl groups is 1. The van der Waals surface area contributed by atoms with Crippen molar-refractivity contribution in [3.63, 3.8) is 0 Å². The molecule has 0 saturated carbocycles. The molecule has 4 heteroatoms. The highest BCUT2D eigenvalue weighted by molar-refractivity contribution is 5.55. The van der Waals surface area contributed by atoms with Gasteiger partial charge in [0.15, 0.2) is 5.75 Å². The van der Waals surface area contributed by atoms with Crippen LogP contribution in [0.25, 0.3) is 0 Å². The van der Waals surface area contributed by atoms with Crippen molar-refractivity contribution in [2.75, 3.05) is 19.0 Å². The second kappa shape index (κ2) is 6.05. The third-order valence-corrected chi connectivity index (χ3v) is 2.60. The lowest BCUT2D eigenvalue weighted by Gasteiger charge is -2.23. The third-order valence-electron chi connectivity index (χ3n) is 2.60. The number of nitrogens with zero attached hydrogens (tertiary/aromatic N) is 1. The van der Waals surface area contributed by atoms with E-state index in [1.165, 1.54) is 0 Å². The molecule has 0 bridgehead atoms. The largest absolute Gasteiger partial charge is 0.493 e. The minimum atomic E-state index is -0.372. The van der Waals surface area contributed by atoms with Gasteiger partial charge in [-0.3, -0.25) is 4.98 Å². The zero-order valence-corrected chi connectivity index (χ0v) is 11.9. The predicted molar refractivity (Wildman–Crippen MR) is 74.1 cm³/mol. The fourth-order valence-corrected chi connectivity index (χ4v) is 1.85. The number of methoxy groups -OCH3 is 1. The Morgan fingerprint density at radius 1 is 1.44 bits per heavy atom. The summed E-state index contributed by atoms with van der Waals surface area (Å²) in [4.78, 5) is 4.17. The van der Waals surface area contributed by atoms with Gasteiger partial charge in [0, 0.05) is 12.2 Å². The van der Waals surface area contributed by atoms with Gasteiger partial charge >= 0.3 is 0 Å². The van der Waals surface area contributed by atoms with Crippen molar-refractivity contribution in [3.8, 4) is 5.75 Å². The number of aliphatic hydroxyl groups excluding tert-OH is 1. The van der Waals surface area contributed by atoms with Gasteiger partial charge in [-0.2, -0.15) is 0 Å². The van der Waals surface area contributed by atoms with Crippen molar-refractivity contribution in [2.45, 2.75) is 40.2 Å². The highest BCUT2D eigenvalue weighted by Gasteiger charge is 2.16. The number of hydrogen-bond acceptors (Lipinski definition) is 4. The summed E-state index contributed by atoms with van der Waals surface area (Å²) in [6.07, 6.45) is 2.07. The minimum absolute atomic E-state index is 0.124. The van der Waals surface area contributed by atoms with Crippen molar-refractivity contribution in [3.05, 3.63) is 18.0 Å². The summed E-state index contributed by atoms with van der Waals surface area (Å²) in [5, 5.41) is 13.2. The Morgan fingerprint density at radius 3 is 2.67 bits per heavy atom. The molecule has 4 nitrogen and oxygen atoms in total. The molecule has 102 valence electrons. The molecule has 0 saturated heterocycles. The average Bonchev–Trinajstić information content (AvgIpc) is 2.24. The van der Waals surface area contributed by atoms with E-state index in [1.54, 1.807) is 13.3 Å². The van der Waals surface area contributed by atoms with Gasteiger partial charge in [-0.1, -0.05) is 20.8 Å². The van der Waals surface area contributed by atoms with Crippen LogP contribution in [-0.4, -0.2) is 29.8 Å². The summed E-state index contributed by atoms with van der Waals surface area (Å²) in [5.74, 6) is 0.698. The first kappa shape index (κ1) is 14.8. The maximum absolute atomic E-state index is 9.96. The van der Waals surface area contributed by atoms with E-state index >= 15 is 0 Å². The number of anilines is 1. The van der Waals surface area contributed by atoms with Crippen molar-refractivity contribution < 1.29 is 9.84 Å². The first-order chi connectivity index (χ1) is 8.31. The quantitative estimate of drug-likeness (QED) is 0.845. The van der Waals surface area contributed by atoms with Crippen LogP contribution in [0.4, 0.5) is 5.69 Å². The maximum atomic E-state index is 9.96. The number of aryl methyl sites for hydroxylation is 1. The molecule has 0 aliphatic carbocycles. The lowest BCUT2D eigenvalue weighted by atomic mass is 9.89. The smallest absolute Gasteiger partial charge is 0.160 e. The van der Waals surface area contributed by atoms with Crippen LogP contribution in [0.1, 0.15) is 32.9 Å². The molecule has 0 aliphatic rings. The average molecular weight is 252 g/mol. The number of aromatic nitrogens is 1. The monoisotopic (exact) mass is 252 g/mol. The molecule has 1 atom stereocenters. The molecule has 1 unspecified atom stereocenters. The Balaban J connectivity index is 2.60. The molecule has 1 heterocycles. The molecule has 0 fully saturated rings. The third kappa shape index (κ3) is 4.92. The Morgan fingerprint density at radius 2 is 2.11 bits per heavy atom. The summed E-state index contributed by atoms with van der Waals surface area (Å²) in [5.41, 5.74) is 1.92. The van der Waals surface area contributed by atoms with E-state index in [0.717, 1.165) is 17.8 Å². The SMILES string of the molecule is COc1cnc(C)cc1NCC(O)CC(C)(C)C. The van der Waals surface area contributed by atoms with Crippen LogP contribution in [0.3, 0.4) is 0 Å². The van der Waals surface area contributed by atoms with Crippen LogP contribution < -0.4 is 10.1 Å². The van der Waals surface area contributed by atoms with Crippen molar-refractivity contribution in [1.82, 2.24) is 4.98 Å². The molecule has 1 rings (SSSR count). The van der Waals surface area contributed by atoms with Crippen molar-refractivity contribution in [1.29, 1.82) is 0 Å². The molecule has 2 N–H and O–H groups in total. The summed E-state index contributed by atoms with van der Waals surface area (Å²) in [7, 11) is 1.61. The number of pyridine rings is 1. The maximum Gasteiger partial charge on any atom is 0.160 e. The van der Waals surface area contributed by atoms with Crippen LogP contribution in [-0.2, 0) is 0 Å². The summed E-state index contributed by atoms with van der Waals surface area (Å²) >= 11 is 0. The number of rotatable bonds is 5. The molecule has 0 spiro atoms. The van der Waals surface area contributed by atoms with E-state index in [9.17, 15) is 5.11 Å². The number of ether oxygens (including phenoxy) is 1. The van der Waals surface area contributed by atoms with Gasteiger partial charge in [0.25, 0.3) is 0 Å².